The lowest BCUT2D eigenvalue weighted by atomic mass is 9.85. The monoisotopic (exact) mass is 576 g/mol. The zero-order chi connectivity index (χ0) is 29.7. The van der Waals surface area contributed by atoms with Crippen LogP contribution in [0.25, 0.3) is 65.7 Å². The number of pyridine rings is 1. The van der Waals surface area contributed by atoms with Gasteiger partial charge in [0, 0.05) is 25.1 Å². The average molecular weight is 577 g/mol. The van der Waals surface area contributed by atoms with Crippen LogP contribution in [-0.2, 0) is 0 Å². The summed E-state index contributed by atoms with van der Waals surface area (Å²) in [7, 11) is 0. The van der Waals surface area contributed by atoms with Gasteiger partial charge in [-0.3, -0.25) is 4.98 Å². The van der Waals surface area contributed by atoms with Crippen molar-refractivity contribution in [2.45, 2.75) is 18.8 Å². The Kier molecular flexibility index (Phi) is 6.12. The van der Waals surface area contributed by atoms with Crippen molar-refractivity contribution in [3.63, 3.8) is 0 Å². The topological polar surface area (TPSA) is 24.9 Å². The number of benzene rings is 6. The molecule has 0 spiro atoms. The molecule has 214 valence electrons. The summed E-state index contributed by atoms with van der Waals surface area (Å²) in [5, 5.41) is 11.1. The number of hydrogen-bond donors (Lipinski definition) is 1. The quantitative estimate of drug-likeness (QED) is 0.206. The van der Waals surface area contributed by atoms with Crippen LogP contribution in [0.4, 0.5) is 0 Å². The summed E-state index contributed by atoms with van der Waals surface area (Å²) in [4.78, 5) is 4.33. The number of fused-ring (bicyclic) bond motifs is 3. The Morgan fingerprint density at radius 2 is 1.18 bits per heavy atom. The zero-order valence-electron chi connectivity index (χ0n) is 25.0. The lowest BCUT2D eigenvalue weighted by Crippen LogP contribution is -2.14. The SMILES string of the molecule is C1=C(c2ccc3ccc(-c4c5ccccc5c(-c5ccc(C6CC6)cc5)c5ccccc45)cc3c2)C=C(c2cccnc2)CN1. The molecule has 1 aliphatic heterocycles. The van der Waals surface area contributed by atoms with Crippen LogP contribution in [0.3, 0.4) is 0 Å². The van der Waals surface area contributed by atoms with Gasteiger partial charge in [-0.1, -0.05) is 103 Å². The van der Waals surface area contributed by atoms with Gasteiger partial charge < -0.3 is 5.32 Å². The van der Waals surface area contributed by atoms with Gasteiger partial charge in [0.15, 0.2) is 0 Å². The van der Waals surface area contributed by atoms with Crippen molar-refractivity contribution < 1.29 is 0 Å². The molecule has 2 nitrogen and oxygen atoms in total. The Balaban J connectivity index is 1.20. The number of nitrogens with one attached hydrogen (secondary N) is 1. The summed E-state index contributed by atoms with van der Waals surface area (Å²) in [6.45, 7) is 0.799. The maximum atomic E-state index is 4.33. The van der Waals surface area contributed by atoms with Crippen molar-refractivity contribution in [2.24, 2.45) is 0 Å². The lowest BCUT2D eigenvalue weighted by molar-refractivity contribution is 0.988. The van der Waals surface area contributed by atoms with Crippen molar-refractivity contribution in [1.82, 2.24) is 10.3 Å². The number of aromatic nitrogens is 1. The largest absolute Gasteiger partial charge is 0.386 e. The van der Waals surface area contributed by atoms with E-state index >= 15 is 0 Å². The van der Waals surface area contributed by atoms with Crippen LogP contribution < -0.4 is 5.32 Å². The van der Waals surface area contributed by atoms with Crippen LogP contribution in [0, 0.1) is 0 Å². The molecule has 0 atom stereocenters. The minimum absolute atomic E-state index is 0.758. The van der Waals surface area contributed by atoms with E-state index in [2.05, 4.69) is 138 Å². The van der Waals surface area contributed by atoms with Crippen molar-refractivity contribution in [3.05, 3.63) is 163 Å². The van der Waals surface area contributed by atoms with E-state index in [9.17, 15) is 0 Å². The normalized spacial score (nSPS) is 14.8. The smallest absolute Gasteiger partial charge is 0.0402 e. The van der Waals surface area contributed by atoms with E-state index in [-0.39, 0.29) is 0 Å². The van der Waals surface area contributed by atoms with E-state index < -0.39 is 0 Å². The van der Waals surface area contributed by atoms with Crippen molar-refractivity contribution in [2.75, 3.05) is 6.54 Å². The molecule has 45 heavy (non-hydrogen) atoms. The standard InChI is InChI=1S/C43H32N2/c1-3-9-40-38(7-1)42(31-17-13-29(14-18-31)28-11-12-28)39-8-2-4-10-41(39)43(40)33-20-16-30-15-19-32(22-35(30)23-33)36-24-37(27-45-26-36)34-6-5-21-44-25-34/h1-10,13-26,28,45H,11-12,27H2. The molecule has 0 unspecified atom stereocenters. The van der Waals surface area contributed by atoms with E-state index in [0.29, 0.717) is 0 Å². The van der Waals surface area contributed by atoms with Gasteiger partial charge in [-0.2, -0.15) is 0 Å². The van der Waals surface area contributed by atoms with Crippen LogP contribution in [0.5, 0.6) is 0 Å². The van der Waals surface area contributed by atoms with Crippen molar-refractivity contribution in [3.8, 4) is 22.3 Å². The van der Waals surface area contributed by atoms with Gasteiger partial charge in [-0.15, -0.1) is 0 Å². The zero-order valence-corrected chi connectivity index (χ0v) is 25.0. The molecular weight excluding hydrogens is 544 g/mol. The number of dihydropyridines is 1. The number of hydrogen-bond acceptors (Lipinski definition) is 2. The molecule has 0 saturated heterocycles. The van der Waals surface area contributed by atoms with Crippen LogP contribution in [-0.4, -0.2) is 11.5 Å². The molecule has 1 N–H and O–H groups in total. The highest BCUT2D eigenvalue weighted by Crippen LogP contribution is 2.45. The maximum Gasteiger partial charge on any atom is 0.0402 e. The molecule has 7 aromatic rings. The van der Waals surface area contributed by atoms with E-state index in [0.717, 1.165) is 18.0 Å². The van der Waals surface area contributed by atoms with Gasteiger partial charge in [0.25, 0.3) is 0 Å². The molecular formula is C43H32N2. The second kappa shape index (κ2) is 10.6. The summed E-state index contributed by atoms with van der Waals surface area (Å²) >= 11 is 0. The summed E-state index contributed by atoms with van der Waals surface area (Å²) in [6, 6.07) is 45.1. The fourth-order valence-electron chi connectivity index (χ4n) is 7.13. The highest BCUT2D eigenvalue weighted by molar-refractivity contribution is 6.21. The predicted molar refractivity (Wildman–Crippen MR) is 190 cm³/mol. The first-order valence-electron chi connectivity index (χ1n) is 15.9. The predicted octanol–water partition coefficient (Wildman–Crippen LogP) is 10.8. The molecule has 6 aromatic carbocycles. The average Bonchev–Trinajstić information content (AvgIpc) is 3.97. The molecule has 2 heterocycles. The van der Waals surface area contributed by atoms with Crippen molar-refractivity contribution in [1.29, 1.82) is 0 Å². The van der Waals surface area contributed by atoms with Gasteiger partial charge in [0.05, 0.1) is 0 Å². The molecule has 1 fully saturated rings. The van der Waals surface area contributed by atoms with Crippen molar-refractivity contribution >= 4 is 43.5 Å². The van der Waals surface area contributed by atoms with E-state index in [1.807, 2.05) is 18.5 Å². The molecule has 0 bridgehead atoms. The summed E-state index contributed by atoms with van der Waals surface area (Å²) in [6.07, 6.45) is 10.8. The highest BCUT2D eigenvalue weighted by Gasteiger charge is 2.23. The molecule has 1 aliphatic carbocycles. The minimum atomic E-state index is 0.758. The Labute approximate surface area is 263 Å². The first-order chi connectivity index (χ1) is 22.3. The van der Waals surface area contributed by atoms with E-state index in [1.165, 1.54) is 89.7 Å². The summed E-state index contributed by atoms with van der Waals surface area (Å²) in [5.74, 6) is 0.758. The Morgan fingerprint density at radius 1 is 0.556 bits per heavy atom. The summed E-state index contributed by atoms with van der Waals surface area (Å²) in [5.41, 5.74) is 11.4. The summed E-state index contributed by atoms with van der Waals surface area (Å²) < 4.78 is 0. The Bertz CT molecular complexity index is 2250. The van der Waals surface area contributed by atoms with Crippen LogP contribution in [0.2, 0.25) is 0 Å². The van der Waals surface area contributed by atoms with Crippen LogP contribution in [0.1, 0.15) is 35.4 Å². The lowest BCUT2D eigenvalue weighted by Gasteiger charge is -2.18. The number of rotatable bonds is 5. The van der Waals surface area contributed by atoms with E-state index in [1.54, 1.807) is 0 Å². The molecule has 1 saturated carbocycles. The first-order valence-corrected chi connectivity index (χ1v) is 15.9. The fourth-order valence-corrected chi connectivity index (χ4v) is 7.13. The fraction of sp³-hybridized carbons (Fsp3) is 0.0930. The Hall–Kier alpha value is -5.47. The third-order valence-electron chi connectivity index (χ3n) is 9.55. The first kappa shape index (κ1) is 26.0. The number of allylic oxidation sites excluding steroid dienone is 2. The van der Waals surface area contributed by atoms with Crippen LogP contribution in [0.15, 0.2) is 146 Å². The third-order valence-corrected chi connectivity index (χ3v) is 9.55. The van der Waals surface area contributed by atoms with Gasteiger partial charge >= 0.3 is 0 Å². The highest BCUT2D eigenvalue weighted by atomic mass is 14.8. The molecule has 2 heteroatoms. The van der Waals surface area contributed by atoms with Gasteiger partial charge in [0.1, 0.15) is 0 Å². The second-order valence-corrected chi connectivity index (χ2v) is 12.4. The molecule has 0 amide bonds. The van der Waals surface area contributed by atoms with E-state index in [4.69, 9.17) is 0 Å². The minimum Gasteiger partial charge on any atom is -0.386 e. The van der Waals surface area contributed by atoms with Gasteiger partial charge in [-0.25, -0.2) is 0 Å². The second-order valence-electron chi connectivity index (χ2n) is 12.4. The molecule has 9 rings (SSSR count). The molecule has 1 aromatic heterocycles. The molecule has 2 aliphatic rings. The Morgan fingerprint density at radius 3 is 1.82 bits per heavy atom. The number of nitrogens with zero attached hydrogens (tertiary/aromatic N) is 1. The maximum absolute atomic E-state index is 4.33. The van der Waals surface area contributed by atoms with Gasteiger partial charge in [-0.05, 0) is 125 Å². The van der Waals surface area contributed by atoms with Crippen LogP contribution >= 0.6 is 0 Å². The van der Waals surface area contributed by atoms with Gasteiger partial charge in [0.2, 0.25) is 0 Å². The third kappa shape index (κ3) is 4.62. The molecule has 0 radical (unpaired) electrons.